The maximum Gasteiger partial charge on any atom is 0.321 e. The standard InChI is InChI=1S/C12H21N3O2/c1-2-3-4-5-6-14-11(12(16)17)7-10-8-13-9-15-10/h8-9,11,14H,2-7H2,1H3,(H,13,15)(H,16,17)/t11-/m0/s1. The average Bonchev–Trinajstić information content (AvgIpc) is 2.79. The van der Waals surface area contributed by atoms with Crippen LogP contribution in [0.25, 0.3) is 0 Å². The summed E-state index contributed by atoms with van der Waals surface area (Å²) in [5.74, 6) is -0.816. The van der Waals surface area contributed by atoms with Gasteiger partial charge >= 0.3 is 5.97 Å². The number of hydrogen-bond donors (Lipinski definition) is 3. The van der Waals surface area contributed by atoms with E-state index in [4.69, 9.17) is 5.11 Å². The predicted octanol–water partition coefficient (Wildman–Crippen LogP) is 1.58. The van der Waals surface area contributed by atoms with Crippen LogP contribution in [0.2, 0.25) is 0 Å². The number of aromatic amines is 1. The van der Waals surface area contributed by atoms with E-state index in [1.807, 2.05) is 0 Å². The maximum atomic E-state index is 11.0. The van der Waals surface area contributed by atoms with Gasteiger partial charge in [-0.2, -0.15) is 0 Å². The van der Waals surface area contributed by atoms with E-state index in [0.29, 0.717) is 6.42 Å². The molecule has 0 amide bonds. The van der Waals surface area contributed by atoms with Crippen molar-refractivity contribution in [1.29, 1.82) is 0 Å². The van der Waals surface area contributed by atoms with Gasteiger partial charge in [-0.1, -0.05) is 26.2 Å². The molecule has 1 aromatic rings. The predicted molar refractivity (Wildman–Crippen MR) is 65.9 cm³/mol. The molecule has 0 bridgehead atoms. The summed E-state index contributed by atoms with van der Waals surface area (Å²) in [6.07, 6.45) is 8.29. The van der Waals surface area contributed by atoms with Crippen molar-refractivity contribution >= 4 is 5.97 Å². The van der Waals surface area contributed by atoms with Crippen LogP contribution in [0.15, 0.2) is 12.5 Å². The molecule has 1 heterocycles. The summed E-state index contributed by atoms with van der Waals surface area (Å²) >= 11 is 0. The van der Waals surface area contributed by atoms with E-state index in [0.717, 1.165) is 25.1 Å². The van der Waals surface area contributed by atoms with E-state index in [1.165, 1.54) is 12.8 Å². The first-order chi connectivity index (χ1) is 8.24. The van der Waals surface area contributed by atoms with E-state index >= 15 is 0 Å². The van der Waals surface area contributed by atoms with Gasteiger partial charge in [0.1, 0.15) is 6.04 Å². The van der Waals surface area contributed by atoms with Crippen LogP contribution in [-0.4, -0.2) is 33.6 Å². The van der Waals surface area contributed by atoms with Crippen molar-refractivity contribution in [3.63, 3.8) is 0 Å². The third-order valence-electron chi connectivity index (χ3n) is 2.69. The maximum absolute atomic E-state index is 11.0. The number of aromatic nitrogens is 2. The lowest BCUT2D eigenvalue weighted by atomic mass is 10.1. The fraction of sp³-hybridized carbons (Fsp3) is 0.667. The van der Waals surface area contributed by atoms with Gasteiger partial charge in [0.15, 0.2) is 0 Å². The smallest absolute Gasteiger partial charge is 0.321 e. The van der Waals surface area contributed by atoms with Crippen LogP contribution in [0.1, 0.15) is 38.3 Å². The van der Waals surface area contributed by atoms with Gasteiger partial charge in [0, 0.05) is 12.6 Å². The molecule has 1 atom stereocenters. The summed E-state index contributed by atoms with van der Waals surface area (Å²) in [5.41, 5.74) is 0.776. The van der Waals surface area contributed by atoms with Crippen molar-refractivity contribution < 1.29 is 9.90 Å². The van der Waals surface area contributed by atoms with Gasteiger partial charge in [-0.05, 0) is 13.0 Å². The van der Waals surface area contributed by atoms with Gasteiger partial charge in [0.05, 0.1) is 12.0 Å². The lowest BCUT2D eigenvalue weighted by molar-refractivity contribution is -0.139. The van der Waals surface area contributed by atoms with Gasteiger partial charge in [-0.3, -0.25) is 4.79 Å². The molecular weight excluding hydrogens is 218 g/mol. The van der Waals surface area contributed by atoms with Crippen molar-refractivity contribution in [1.82, 2.24) is 15.3 Å². The normalized spacial score (nSPS) is 12.5. The average molecular weight is 239 g/mol. The second kappa shape index (κ2) is 7.84. The number of aliphatic carboxylic acids is 1. The molecule has 5 heteroatoms. The Balaban J connectivity index is 2.26. The number of H-pyrrole nitrogens is 1. The third-order valence-corrected chi connectivity index (χ3v) is 2.69. The van der Waals surface area contributed by atoms with Crippen LogP contribution < -0.4 is 5.32 Å². The van der Waals surface area contributed by atoms with Crippen LogP contribution in [0.3, 0.4) is 0 Å². The van der Waals surface area contributed by atoms with Crippen LogP contribution in [-0.2, 0) is 11.2 Å². The van der Waals surface area contributed by atoms with Gasteiger partial charge in [0.25, 0.3) is 0 Å². The largest absolute Gasteiger partial charge is 0.480 e. The quantitative estimate of drug-likeness (QED) is 0.572. The minimum atomic E-state index is -0.816. The molecular formula is C12H21N3O2. The van der Waals surface area contributed by atoms with Crippen molar-refractivity contribution in [3.05, 3.63) is 18.2 Å². The monoisotopic (exact) mass is 239 g/mol. The Morgan fingerprint density at radius 1 is 1.53 bits per heavy atom. The Morgan fingerprint density at radius 3 is 2.94 bits per heavy atom. The summed E-state index contributed by atoms with van der Waals surface area (Å²) in [6.45, 7) is 2.91. The number of carboxylic acid groups (broad SMARTS) is 1. The Labute approximate surface area is 102 Å². The minimum absolute atomic E-state index is 0.423. The number of rotatable bonds is 9. The molecule has 0 aromatic carbocycles. The number of imidazole rings is 1. The molecule has 0 aliphatic rings. The summed E-state index contributed by atoms with van der Waals surface area (Å²) in [7, 11) is 0. The van der Waals surface area contributed by atoms with Crippen molar-refractivity contribution in [2.24, 2.45) is 0 Å². The van der Waals surface area contributed by atoms with Gasteiger partial charge in [-0.25, -0.2) is 4.98 Å². The lowest BCUT2D eigenvalue weighted by Crippen LogP contribution is -2.39. The number of hydrogen-bond acceptors (Lipinski definition) is 3. The zero-order valence-corrected chi connectivity index (χ0v) is 10.3. The fourth-order valence-corrected chi connectivity index (χ4v) is 1.69. The highest BCUT2D eigenvalue weighted by molar-refractivity contribution is 5.73. The van der Waals surface area contributed by atoms with E-state index < -0.39 is 12.0 Å². The number of nitrogens with zero attached hydrogens (tertiary/aromatic N) is 1. The summed E-state index contributed by atoms with van der Waals surface area (Å²) in [6, 6.07) is -0.542. The Morgan fingerprint density at radius 2 is 2.35 bits per heavy atom. The first-order valence-electron chi connectivity index (χ1n) is 6.18. The van der Waals surface area contributed by atoms with Crippen molar-refractivity contribution in [3.8, 4) is 0 Å². The highest BCUT2D eigenvalue weighted by atomic mass is 16.4. The lowest BCUT2D eigenvalue weighted by Gasteiger charge is -2.12. The van der Waals surface area contributed by atoms with E-state index in [1.54, 1.807) is 12.5 Å². The molecule has 0 fully saturated rings. The summed E-state index contributed by atoms with van der Waals surface area (Å²) < 4.78 is 0. The second-order valence-electron chi connectivity index (χ2n) is 4.17. The molecule has 96 valence electrons. The molecule has 0 radical (unpaired) electrons. The molecule has 0 unspecified atom stereocenters. The molecule has 0 spiro atoms. The highest BCUT2D eigenvalue weighted by Crippen LogP contribution is 2.01. The molecule has 17 heavy (non-hydrogen) atoms. The zero-order valence-electron chi connectivity index (χ0n) is 10.3. The Hall–Kier alpha value is -1.36. The van der Waals surface area contributed by atoms with Crippen molar-refractivity contribution in [2.45, 2.75) is 45.1 Å². The number of nitrogens with one attached hydrogen (secondary N) is 2. The fourth-order valence-electron chi connectivity index (χ4n) is 1.69. The Bertz CT molecular complexity index is 312. The molecule has 3 N–H and O–H groups in total. The second-order valence-corrected chi connectivity index (χ2v) is 4.17. The molecule has 0 saturated heterocycles. The van der Waals surface area contributed by atoms with Gasteiger partial charge in [-0.15, -0.1) is 0 Å². The first-order valence-corrected chi connectivity index (χ1v) is 6.18. The molecule has 0 aliphatic heterocycles. The van der Waals surface area contributed by atoms with Crippen LogP contribution in [0.4, 0.5) is 0 Å². The van der Waals surface area contributed by atoms with Crippen LogP contribution >= 0.6 is 0 Å². The SMILES string of the molecule is CCCCCCN[C@@H](Cc1c[nH]cn1)C(=O)O. The highest BCUT2D eigenvalue weighted by Gasteiger charge is 2.17. The Kier molecular flexibility index (Phi) is 6.32. The topological polar surface area (TPSA) is 78.0 Å². The summed E-state index contributed by atoms with van der Waals surface area (Å²) in [4.78, 5) is 17.9. The van der Waals surface area contributed by atoms with Gasteiger partial charge < -0.3 is 15.4 Å². The first kappa shape index (κ1) is 13.7. The van der Waals surface area contributed by atoms with Crippen LogP contribution in [0, 0.1) is 0 Å². The van der Waals surface area contributed by atoms with E-state index in [-0.39, 0.29) is 0 Å². The molecule has 0 aliphatic carbocycles. The van der Waals surface area contributed by atoms with E-state index in [2.05, 4.69) is 22.2 Å². The van der Waals surface area contributed by atoms with Gasteiger partial charge in [0.2, 0.25) is 0 Å². The van der Waals surface area contributed by atoms with Crippen LogP contribution in [0.5, 0.6) is 0 Å². The zero-order chi connectivity index (χ0) is 12.5. The number of carboxylic acids is 1. The molecule has 5 nitrogen and oxygen atoms in total. The minimum Gasteiger partial charge on any atom is -0.480 e. The molecule has 0 saturated carbocycles. The number of unbranched alkanes of at least 4 members (excludes halogenated alkanes) is 3. The summed E-state index contributed by atoms with van der Waals surface area (Å²) in [5, 5.41) is 12.1. The molecule has 1 aromatic heterocycles. The van der Waals surface area contributed by atoms with E-state index in [9.17, 15) is 4.79 Å². The molecule has 1 rings (SSSR count). The third kappa shape index (κ3) is 5.49. The number of carbonyl (C=O) groups is 1. The van der Waals surface area contributed by atoms with Crippen molar-refractivity contribution in [2.75, 3.05) is 6.54 Å².